The molecule has 74 heavy (non-hydrogen) atoms. The van der Waals surface area contributed by atoms with E-state index in [9.17, 15) is 124 Å². The van der Waals surface area contributed by atoms with Gasteiger partial charge in [-0.2, -0.15) is 114 Å². The van der Waals surface area contributed by atoms with E-state index in [1.54, 1.807) is 0 Å². The van der Waals surface area contributed by atoms with E-state index in [2.05, 4.69) is 0 Å². The number of anilines is 1. The van der Waals surface area contributed by atoms with Crippen molar-refractivity contribution in [1.29, 1.82) is 0 Å². The van der Waals surface area contributed by atoms with Crippen molar-refractivity contribution in [3.63, 3.8) is 0 Å². The Morgan fingerprint density at radius 2 is 1.04 bits per heavy atom. The molecule has 0 bridgehead atoms. The third kappa shape index (κ3) is 8.97. The minimum absolute atomic E-state index is 0. The van der Waals surface area contributed by atoms with Gasteiger partial charge in [0.25, 0.3) is 0 Å². The number of carboxylic acids is 1. The first-order valence-corrected chi connectivity index (χ1v) is 20.5. The first-order valence-electron chi connectivity index (χ1n) is 20.5. The van der Waals surface area contributed by atoms with Gasteiger partial charge in [0.1, 0.15) is 24.6 Å². The van der Waals surface area contributed by atoms with E-state index in [0.717, 1.165) is 27.7 Å². The third-order valence-electron chi connectivity index (χ3n) is 12.4. The Balaban J connectivity index is 0.0000101. The SMILES string of the molecule is O=C(O)c1ccccc1C1=c2cc3c(cc2Oc2cc4c(cc21)CCCN4CCC(F)(F)C(F)(F)C(F)(F)C(F)(F)C(F)(F)C(F)(F)F)=[N+](CCC(F)(F)C(F)(F)C(F)(F)C(F)(F)C(F)(F)C(F)(F)F)CCC3.[Cl-]. The van der Waals surface area contributed by atoms with E-state index in [-0.39, 0.29) is 82.2 Å². The van der Waals surface area contributed by atoms with E-state index in [1.807, 2.05) is 0 Å². The Kier molecular flexibility index (Phi) is 15.0. The monoisotopic (exact) mass is 1140 g/mol. The van der Waals surface area contributed by atoms with Crippen LogP contribution in [0.2, 0.25) is 0 Å². The molecule has 0 amide bonds. The van der Waals surface area contributed by atoms with Crippen LogP contribution in [0.25, 0.3) is 5.57 Å². The molecule has 6 rings (SSSR count). The molecule has 3 aliphatic rings. The molecule has 5 nitrogen and oxygen atoms in total. The summed E-state index contributed by atoms with van der Waals surface area (Å²) in [5, 5.41) is 9.74. The van der Waals surface area contributed by atoms with Crippen LogP contribution in [0.3, 0.4) is 0 Å². The molecule has 3 aromatic carbocycles. The van der Waals surface area contributed by atoms with Crippen molar-refractivity contribution < 1.29 is 141 Å². The minimum Gasteiger partial charge on any atom is -1.00 e. The number of halogens is 27. The van der Waals surface area contributed by atoms with Crippen molar-refractivity contribution in [2.75, 3.05) is 31.1 Å². The number of hydrogen-bond donors (Lipinski definition) is 1. The maximum absolute atomic E-state index is 15.0. The topological polar surface area (TPSA) is 52.8 Å². The van der Waals surface area contributed by atoms with Gasteiger partial charge in [-0.25, -0.2) is 9.37 Å². The van der Waals surface area contributed by atoms with Crippen molar-refractivity contribution in [3.8, 4) is 11.5 Å². The number of benzene rings is 3. The van der Waals surface area contributed by atoms with E-state index >= 15 is 0 Å². The molecule has 3 aromatic rings. The fourth-order valence-electron chi connectivity index (χ4n) is 8.31. The number of carboxylic acid groups (broad SMARTS) is 1. The highest BCUT2D eigenvalue weighted by molar-refractivity contribution is 5.98. The van der Waals surface area contributed by atoms with E-state index in [1.165, 1.54) is 30.3 Å². The largest absolute Gasteiger partial charge is 1.00 e. The smallest absolute Gasteiger partial charge is 0.460 e. The summed E-state index contributed by atoms with van der Waals surface area (Å²) >= 11 is 0. The first-order chi connectivity index (χ1) is 32.9. The second-order valence-electron chi connectivity index (χ2n) is 17.0. The van der Waals surface area contributed by atoms with Crippen LogP contribution in [0.15, 0.2) is 48.5 Å². The summed E-state index contributed by atoms with van der Waals surface area (Å²) in [4.78, 5) is 13.2. The Morgan fingerprint density at radius 1 is 0.554 bits per heavy atom. The zero-order valence-electron chi connectivity index (χ0n) is 36.1. The molecule has 0 saturated heterocycles. The molecular formula is C42H29ClF26N2O3. The van der Waals surface area contributed by atoms with Crippen molar-refractivity contribution >= 4 is 17.2 Å². The van der Waals surface area contributed by atoms with Crippen molar-refractivity contribution in [3.05, 3.63) is 86.9 Å². The summed E-state index contributed by atoms with van der Waals surface area (Å²) in [6.07, 6.45) is -20.8. The van der Waals surface area contributed by atoms with Crippen molar-refractivity contribution in [1.82, 2.24) is 4.58 Å². The van der Waals surface area contributed by atoms with Gasteiger partial charge in [-0.1, -0.05) is 18.2 Å². The van der Waals surface area contributed by atoms with Gasteiger partial charge in [-0.15, -0.1) is 0 Å². The first kappa shape index (κ1) is 59.7. The quantitative estimate of drug-likeness (QED) is 0.0900. The van der Waals surface area contributed by atoms with Gasteiger partial charge in [0.05, 0.1) is 18.1 Å². The number of nitrogens with zero attached hydrogens (tertiary/aromatic N) is 2. The molecule has 0 saturated carbocycles. The molecule has 0 radical (unpaired) electrons. The predicted octanol–water partition coefficient (Wildman–Crippen LogP) is 9.19. The number of alkyl halides is 26. The zero-order valence-corrected chi connectivity index (χ0v) is 36.8. The zero-order chi connectivity index (χ0) is 55.5. The van der Waals surface area contributed by atoms with E-state index in [4.69, 9.17) is 4.74 Å². The highest BCUT2D eigenvalue weighted by Gasteiger charge is 2.92. The number of hydrogen-bond acceptors (Lipinski definition) is 3. The van der Waals surface area contributed by atoms with Gasteiger partial charge in [-0.05, 0) is 48.6 Å². The summed E-state index contributed by atoms with van der Waals surface area (Å²) in [5.74, 6) is -78.9. The van der Waals surface area contributed by atoms with Crippen LogP contribution in [0.4, 0.5) is 120 Å². The number of carbonyl (C=O) groups is 1. The number of rotatable bonds is 16. The Bertz CT molecular complexity index is 2790. The number of ether oxygens (including phenoxy) is 1. The summed E-state index contributed by atoms with van der Waals surface area (Å²) < 4.78 is 367. The summed E-state index contributed by atoms with van der Waals surface area (Å²) in [5.41, 5.74) is -0.881. The molecule has 0 atom stereocenters. The van der Waals surface area contributed by atoms with Crippen LogP contribution in [0.1, 0.15) is 58.3 Å². The average Bonchev–Trinajstić information content (AvgIpc) is 3.26. The van der Waals surface area contributed by atoms with Crippen LogP contribution in [-0.4, -0.2) is 109 Å². The standard InChI is InChI=1S/C42H28F26N2O3.ClH/c43-31(44,33(47,48)35(51,52)37(55,56)39(59,60)41(63,64)65)9-13-69-11-3-5-19-15-23-27(17-25(19)69)73-28-18-26-20(16-24(28)29(23)21-7-1-2-8-22(21)30(71)72)6-4-12-70(26)14-10-32(45,46)34(49,50)36(53,54)38(57,58)40(61,62)42(66,67)68;/h1-2,7-8,15-18H,3-6,9-14H2;1H. The summed E-state index contributed by atoms with van der Waals surface area (Å²) in [7, 11) is 0. The molecule has 0 aromatic heterocycles. The lowest BCUT2D eigenvalue weighted by atomic mass is 9.86. The average molecular weight is 1140 g/mol. The van der Waals surface area contributed by atoms with Crippen LogP contribution >= 0.6 is 0 Å². The fourth-order valence-corrected chi connectivity index (χ4v) is 8.31. The van der Waals surface area contributed by atoms with E-state index in [0.29, 0.717) is 0 Å². The maximum Gasteiger partial charge on any atom is 0.460 e. The fraction of sp³-hybridized carbons (Fsp3) is 0.524. The molecule has 0 aliphatic carbocycles. The molecule has 1 N–H and O–H groups in total. The molecular weight excluding hydrogens is 1110 g/mol. The number of aromatic carboxylic acids is 1. The van der Waals surface area contributed by atoms with Gasteiger partial charge in [0.2, 0.25) is 5.36 Å². The number of aryl methyl sites for hydroxylation is 2. The lowest BCUT2D eigenvalue weighted by molar-refractivity contribution is -0.440. The van der Waals surface area contributed by atoms with Gasteiger partial charge in [0, 0.05) is 59.6 Å². The van der Waals surface area contributed by atoms with Crippen molar-refractivity contribution in [2.24, 2.45) is 0 Å². The summed E-state index contributed by atoms with van der Waals surface area (Å²) in [6.45, 7) is -4.05. The lowest BCUT2D eigenvalue weighted by Gasteiger charge is -2.40. The highest BCUT2D eigenvalue weighted by Crippen LogP contribution is 2.62. The molecule has 0 spiro atoms. The van der Waals surface area contributed by atoms with Gasteiger partial charge < -0.3 is 27.2 Å². The van der Waals surface area contributed by atoms with Crippen LogP contribution in [-0.2, 0) is 12.8 Å². The maximum atomic E-state index is 15.0. The lowest BCUT2D eigenvalue weighted by Crippen LogP contribution is -3.00. The molecule has 0 fully saturated rings. The predicted molar refractivity (Wildman–Crippen MR) is 198 cm³/mol. The summed E-state index contributed by atoms with van der Waals surface area (Å²) in [6, 6.07) is 9.27. The second kappa shape index (κ2) is 18.6. The molecule has 414 valence electrons. The van der Waals surface area contributed by atoms with Crippen LogP contribution in [0.5, 0.6) is 11.5 Å². The van der Waals surface area contributed by atoms with Crippen LogP contribution < -0.4 is 37.2 Å². The van der Waals surface area contributed by atoms with Gasteiger partial charge in [0.15, 0.2) is 0 Å². The molecule has 32 heteroatoms. The van der Waals surface area contributed by atoms with Crippen LogP contribution in [0, 0.1) is 0 Å². The highest BCUT2D eigenvalue weighted by atomic mass is 35.5. The molecule has 3 aliphatic heterocycles. The Hall–Kier alpha value is -5.13. The Morgan fingerprint density at radius 3 is 1.55 bits per heavy atom. The van der Waals surface area contributed by atoms with Crippen molar-refractivity contribution in [2.45, 2.75) is 110 Å². The number of fused-ring (bicyclic) bond motifs is 4. The molecule has 3 heterocycles. The molecule has 0 unspecified atom stereocenters. The second-order valence-corrected chi connectivity index (χ2v) is 17.0. The minimum atomic E-state index is -8.15. The normalized spacial score (nSPS) is 16.7. The van der Waals surface area contributed by atoms with E-state index < -0.39 is 134 Å². The Labute approximate surface area is 402 Å². The van der Waals surface area contributed by atoms with Gasteiger partial charge >= 0.3 is 77.5 Å². The van der Waals surface area contributed by atoms with Gasteiger partial charge in [-0.3, -0.25) is 0 Å². The third-order valence-corrected chi connectivity index (χ3v) is 12.4.